The van der Waals surface area contributed by atoms with Gasteiger partial charge < -0.3 is 23.7 Å². The Morgan fingerprint density at radius 2 is 1.70 bits per heavy atom. The maximum Gasteiger partial charge on any atom is 0.335 e. The standard InChI is InChI=1S/C33H25N3O7/c1-40-26-13-7-14-27-24(26)17-29(43-27)31-35-25-12-4-3-11-23(25)32(37)36(31)34-18-22-10-6-15-28(41-2)30(22)42-19-20-8-5-9-21(16-20)33(38)39/h3-18H,19H2,1-2H3,(H,38,39). The molecule has 214 valence electrons. The van der Waals surface area contributed by atoms with Crippen LogP contribution in [0.15, 0.2) is 105 Å². The number of para-hydroxylation sites is 2. The fourth-order valence-electron chi connectivity index (χ4n) is 4.73. The number of aromatic carboxylic acids is 1. The molecular formula is C33H25N3O7. The second-order valence-electron chi connectivity index (χ2n) is 9.47. The third kappa shape index (κ3) is 5.29. The molecule has 0 amide bonds. The minimum absolute atomic E-state index is 0.0753. The van der Waals surface area contributed by atoms with Crippen LogP contribution in [0.25, 0.3) is 33.5 Å². The van der Waals surface area contributed by atoms with E-state index >= 15 is 0 Å². The Balaban J connectivity index is 1.44. The number of nitrogens with zero attached hydrogens (tertiary/aromatic N) is 3. The van der Waals surface area contributed by atoms with Crippen molar-refractivity contribution in [2.24, 2.45) is 5.10 Å². The van der Waals surface area contributed by atoms with E-state index in [9.17, 15) is 14.7 Å². The monoisotopic (exact) mass is 575 g/mol. The molecule has 2 heterocycles. The molecule has 0 aliphatic heterocycles. The second kappa shape index (κ2) is 11.5. The van der Waals surface area contributed by atoms with E-state index in [1.807, 2.05) is 12.1 Å². The van der Waals surface area contributed by atoms with Gasteiger partial charge in [-0.15, -0.1) is 0 Å². The first-order valence-corrected chi connectivity index (χ1v) is 13.2. The number of carbonyl (C=O) groups is 1. The van der Waals surface area contributed by atoms with Crippen LogP contribution in [-0.2, 0) is 6.61 Å². The Morgan fingerprint density at radius 1 is 0.930 bits per heavy atom. The van der Waals surface area contributed by atoms with Gasteiger partial charge in [0.1, 0.15) is 17.9 Å². The Morgan fingerprint density at radius 3 is 2.51 bits per heavy atom. The Bertz CT molecular complexity index is 2080. The van der Waals surface area contributed by atoms with Gasteiger partial charge in [-0.25, -0.2) is 9.78 Å². The van der Waals surface area contributed by atoms with Gasteiger partial charge in [-0.1, -0.05) is 36.4 Å². The van der Waals surface area contributed by atoms with Gasteiger partial charge in [0.2, 0.25) is 5.82 Å². The Kier molecular flexibility index (Phi) is 7.32. The summed E-state index contributed by atoms with van der Waals surface area (Å²) in [5, 5.41) is 15.0. The van der Waals surface area contributed by atoms with Gasteiger partial charge in [-0.3, -0.25) is 4.79 Å². The highest BCUT2D eigenvalue weighted by molar-refractivity contribution is 5.89. The van der Waals surface area contributed by atoms with E-state index < -0.39 is 5.97 Å². The maximum atomic E-state index is 13.7. The molecule has 0 spiro atoms. The highest BCUT2D eigenvalue weighted by atomic mass is 16.5. The van der Waals surface area contributed by atoms with Crippen LogP contribution in [0.2, 0.25) is 0 Å². The van der Waals surface area contributed by atoms with Gasteiger partial charge in [-0.05, 0) is 60.2 Å². The quantitative estimate of drug-likeness (QED) is 0.209. The molecule has 0 radical (unpaired) electrons. The molecule has 10 heteroatoms. The van der Waals surface area contributed by atoms with E-state index in [4.69, 9.17) is 23.6 Å². The van der Waals surface area contributed by atoms with Gasteiger partial charge in [0.05, 0.1) is 42.3 Å². The number of methoxy groups -OCH3 is 2. The summed E-state index contributed by atoms with van der Waals surface area (Å²) in [6, 6.07) is 26.0. The third-order valence-corrected chi connectivity index (χ3v) is 6.81. The van der Waals surface area contributed by atoms with Crippen LogP contribution in [0, 0.1) is 0 Å². The van der Waals surface area contributed by atoms with E-state index in [0.717, 1.165) is 5.39 Å². The van der Waals surface area contributed by atoms with Crippen molar-refractivity contribution in [2.75, 3.05) is 14.2 Å². The average molecular weight is 576 g/mol. The number of aromatic nitrogens is 2. The van der Waals surface area contributed by atoms with Crippen molar-refractivity contribution in [3.63, 3.8) is 0 Å². The summed E-state index contributed by atoms with van der Waals surface area (Å²) >= 11 is 0. The molecule has 0 saturated carbocycles. The Labute approximate surface area is 245 Å². The van der Waals surface area contributed by atoms with Crippen molar-refractivity contribution in [3.8, 4) is 28.8 Å². The van der Waals surface area contributed by atoms with Crippen molar-refractivity contribution in [3.05, 3.63) is 118 Å². The van der Waals surface area contributed by atoms with Crippen LogP contribution in [0.3, 0.4) is 0 Å². The molecule has 10 nitrogen and oxygen atoms in total. The number of carboxylic acids is 1. The second-order valence-corrected chi connectivity index (χ2v) is 9.47. The fourth-order valence-corrected chi connectivity index (χ4v) is 4.73. The van der Waals surface area contributed by atoms with E-state index in [1.54, 1.807) is 79.9 Å². The lowest BCUT2D eigenvalue weighted by Crippen LogP contribution is -2.20. The zero-order valence-electron chi connectivity index (χ0n) is 23.2. The highest BCUT2D eigenvalue weighted by Crippen LogP contribution is 2.34. The summed E-state index contributed by atoms with van der Waals surface area (Å²) in [5.41, 5.74) is 2.01. The molecule has 4 aromatic carbocycles. The number of hydrogen-bond donors (Lipinski definition) is 1. The summed E-state index contributed by atoms with van der Waals surface area (Å²) in [4.78, 5) is 29.9. The van der Waals surface area contributed by atoms with Crippen LogP contribution in [0.5, 0.6) is 17.2 Å². The van der Waals surface area contributed by atoms with E-state index in [-0.39, 0.29) is 23.6 Å². The van der Waals surface area contributed by atoms with Gasteiger partial charge in [0.25, 0.3) is 5.56 Å². The lowest BCUT2D eigenvalue weighted by Gasteiger charge is -2.14. The fraction of sp³-hybridized carbons (Fsp3) is 0.0909. The van der Waals surface area contributed by atoms with Crippen molar-refractivity contribution in [2.45, 2.75) is 6.61 Å². The Hall–Kier alpha value is -5.90. The highest BCUT2D eigenvalue weighted by Gasteiger charge is 2.18. The smallest absolute Gasteiger partial charge is 0.335 e. The van der Waals surface area contributed by atoms with Crippen LogP contribution in [0.1, 0.15) is 21.5 Å². The summed E-state index contributed by atoms with van der Waals surface area (Å²) in [7, 11) is 3.09. The van der Waals surface area contributed by atoms with E-state index in [1.165, 1.54) is 24.1 Å². The summed E-state index contributed by atoms with van der Waals surface area (Å²) < 4.78 is 24.4. The number of carboxylic acid groups (broad SMARTS) is 1. The van der Waals surface area contributed by atoms with Gasteiger partial charge >= 0.3 is 5.97 Å². The summed E-state index contributed by atoms with van der Waals surface area (Å²) in [5.74, 6) is 0.935. The minimum Gasteiger partial charge on any atom is -0.496 e. The number of hydrogen-bond acceptors (Lipinski definition) is 8. The van der Waals surface area contributed by atoms with Crippen LogP contribution in [0.4, 0.5) is 0 Å². The minimum atomic E-state index is -1.03. The predicted molar refractivity (Wildman–Crippen MR) is 161 cm³/mol. The van der Waals surface area contributed by atoms with Crippen molar-refractivity contribution in [1.82, 2.24) is 9.66 Å². The van der Waals surface area contributed by atoms with E-state index in [2.05, 4.69) is 5.10 Å². The van der Waals surface area contributed by atoms with Crippen molar-refractivity contribution in [1.29, 1.82) is 0 Å². The van der Waals surface area contributed by atoms with Crippen molar-refractivity contribution < 1.29 is 28.5 Å². The normalized spacial score (nSPS) is 11.3. The predicted octanol–water partition coefficient (Wildman–Crippen LogP) is 5.99. The first-order valence-electron chi connectivity index (χ1n) is 13.2. The van der Waals surface area contributed by atoms with Crippen molar-refractivity contribution >= 4 is 34.1 Å². The first kappa shape index (κ1) is 27.3. The number of fused-ring (bicyclic) bond motifs is 2. The van der Waals surface area contributed by atoms with Crippen LogP contribution >= 0.6 is 0 Å². The molecule has 43 heavy (non-hydrogen) atoms. The molecule has 0 atom stereocenters. The number of rotatable bonds is 9. The molecule has 1 N–H and O–H groups in total. The van der Waals surface area contributed by atoms with Gasteiger partial charge in [-0.2, -0.15) is 9.78 Å². The third-order valence-electron chi connectivity index (χ3n) is 6.81. The molecule has 0 fully saturated rings. The number of benzene rings is 4. The molecule has 6 rings (SSSR count). The summed E-state index contributed by atoms with van der Waals surface area (Å²) in [6.07, 6.45) is 1.48. The molecule has 0 unspecified atom stereocenters. The van der Waals surface area contributed by atoms with Crippen LogP contribution in [-0.4, -0.2) is 41.2 Å². The SMILES string of the molecule is COc1cccc(C=Nn2c(-c3cc4c(OC)cccc4o3)nc3ccccc3c2=O)c1OCc1cccc(C(=O)O)c1. The lowest BCUT2D eigenvalue weighted by molar-refractivity contribution is 0.0696. The average Bonchev–Trinajstić information content (AvgIpc) is 3.48. The number of ether oxygens (including phenoxy) is 3. The topological polar surface area (TPSA) is 125 Å². The number of furan rings is 1. The van der Waals surface area contributed by atoms with Crippen LogP contribution < -0.4 is 19.8 Å². The van der Waals surface area contributed by atoms with Gasteiger partial charge in [0.15, 0.2) is 17.3 Å². The molecule has 6 aromatic rings. The molecule has 0 aliphatic carbocycles. The molecule has 0 aliphatic rings. The maximum absolute atomic E-state index is 13.7. The molecule has 0 saturated heterocycles. The largest absolute Gasteiger partial charge is 0.496 e. The summed E-state index contributed by atoms with van der Waals surface area (Å²) in [6.45, 7) is 0.0753. The molecule has 2 aromatic heterocycles. The zero-order chi connectivity index (χ0) is 29.9. The van der Waals surface area contributed by atoms with E-state index in [0.29, 0.717) is 50.6 Å². The molecular weight excluding hydrogens is 550 g/mol. The van der Waals surface area contributed by atoms with Gasteiger partial charge in [0, 0.05) is 5.56 Å². The lowest BCUT2D eigenvalue weighted by atomic mass is 10.1. The first-order chi connectivity index (χ1) is 21.0. The zero-order valence-corrected chi connectivity index (χ0v) is 23.2. The molecule has 0 bridgehead atoms.